The molecule has 0 aromatic carbocycles. The summed E-state index contributed by atoms with van der Waals surface area (Å²) >= 11 is 0. The molecule has 6 heteroatoms. The lowest BCUT2D eigenvalue weighted by molar-refractivity contribution is -0.134. The van der Waals surface area contributed by atoms with Crippen LogP contribution in [0.15, 0.2) is 0 Å². The van der Waals surface area contributed by atoms with Crippen LogP contribution < -0.4 is 5.32 Å². The van der Waals surface area contributed by atoms with Crippen molar-refractivity contribution in [3.8, 4) is 0 Å². The van der Waals surface area contributed by atoms with Crippen molar-refractivity contribution in [2.24, 2.45) is 5.41 Å². The number of likely N-dealkylation sites (tertiary alicyclic amines) is 2. The molecule has 0 bridgehead atoms. The predicted molar refractivity (Wildman–Crippen MR) is 93.7 cm³/mol. The fraction of sp³-hybridized carbons (Fsp3) is 0.889. The fourth-order valence-electron chi connectivity index (χ4n) is 4.29. The van der Waals surface area contributed by atoms with Crippen molar-refractivity contribution in [1.82, 2.24) is 20.0 Å². The molecule has 0 unspecified atom stereocenters. The normalized spacial score (nSPS) is 25.8. The van der Waals surface area contributed by atoms with Gasteiger partial charge in [-0.15, -0.1) is 0 Å². The highest BCUT2D eigenvalue weighted by atomic mass is 16.2. The molecule has 0 saturated carbocycles. The monoisotopic (exact) mass is 336 g/mol. The van der Waals surface area contributed by atoms with Gasteiger partial charge >= 0.3 is 0 Å². The van der Waals surface area contributed by atoms with Crippen LogP contribution in [0, 0.1) is 5.41 Å². The second kappa shape index (κ2) is 7.83. The molecular weight excluding hydrogens is 304 g/mol. The summed E-state index contributed by atoms with van der Waals surface area (Å²) in [7, 11) is 1.91. The smallest absolute Gasteiger partial charge is 0.223 e. The first-order chi connectivity index (χ1) is 11.6. The number of nitrogens with zero attached hydrogens (tertiary/aromatic N) is 3. The molecule has 0 aromatic heterocycles. The highest BCUT2D eigenvalue weighted by Gasteiger charge is 2.38. The molecule has 0 radical (unpaired) electrons. The zero-order valence-corrected chi connectivity index (χ0v) is 15.1. The van der Waals surface area contributed by atoms with Crippen molar-refractivity contribution in [1.29, 1.82) is 0 Å². The van der Waals surface area contributed by atoms with E-state index in [1.165, 1.54) is 0 Å². The average molecular weight is 336 g/mol. The van der Waals surface area contributed by atoms with Gasteiger partial charge in [-0.2, -0.15) is 0 Å². The molecule has 1 N–H and O–H groups in total. The van der Waals surface area contributed by atoms with E-state index >= 15 is 0 Å². The Hall–Kier alpha value is -1.14. The van der Waals surface area contributed by atoms with E-state index in [9.17, 15) is 9.59 Å². The quantitative estimate of drug-likeness (QED) is 0.817. The minimum absolute atomic E-state index is 0.279. The Balaban J connectivity index is 1.44. The Morgan fingerprint density at radius 2 is 1.71 bits per heavy atom. The molecule has 0 aromatic rings. The summed E-state index contributed by atoms with van der Waals surface area (Å²) in [4.78, 5) is 30.7. The van der Waals surface area contributed by atoms with Gasteiger partial charge in [-0.3, -0.25) is 9.59 Å². The van der Waals surface area contributed by atoms with Gasteiger partial charge < -0.3 is 20.0 Å². The molecule has 3 rings (SSSR count). The SMILES string of the molecule is CN1CCC2(CCC1=O)CCN(C(=O)CCN1CCNCC1)CC2. The van der Waals surface area contributed by atoms with Gasteiger partial charge in [-0.1, -0.05) is 0 Å². The van der Waals surface area contributed by atoms with Crippen LogP contribution in [0.5, 0.6) is 0 Å². The minimum atomic E-state index is 0.279. The molecule has 136 valence electrons. The van der Waals surface area contributed by atoms with Crippen molar-refractivity contribution in [3.63, 3.8) is 0 Å². The highest BCUT2D eigenvalue weighted by Crippen LogP contribution is 2.41. The van der Waals surface area contributed by atoms with Crippen LogP contribution in [0.25, 0.3) is 0 Å². The van der Waals surface area contributed by atoms with Crippen molar-refractivity contribution in [3.05, 3.63) is 0 Å². The molecule has 6 nitrogen and oxygen atoms in total. The number of amides is 2. The molecule has 3 saturated heterocycles. The summed E-state index contributed by atoms with van der Waals surface area (Å²) in [6.45, 7) is 7.69. The van der Waals surface area contributed by atoms with Crippen molar-refractivity contribution >= 4 is 11.8 Å². The highest BCUT2D eigenvalue weighted by molar-refractivity contribution is 5.77. The first-order valence-corrected chi connectivity index (χ1v) is 9.53. The minimum Gasteiger partial charge on any atom is -0.346 e. The zero-order valence-electron chi connectivity index (χ0n) is 15.1. The summed E-state index contributed by atoms with van der Waals surface area (Å²) in [5.74, 6) is 0.589. The van der Waals surface area contributed by atoms with Crippen LogP contribution in [0.2, 0.25) is 0 Å². The zero-order chi connectivity index (χ0) is 17.0. The Morgan fingerprint density at radius 1 is 1.04 bits per heavy atom. The van der Waals surface area contributed by atoms with Crippen LogP contribution >= 0.6 is 0 Å². The predicted octanol–water partition coefficient (Wildman–Crippen LogP) is 0.533. The summed E-state index contributed by atoms with van der Waals surface area (Å²) in [5, 5.41) is 3.35. The maximum Gasteiger partial charge on any atom is 0.223 e. The van der Waals surface area contributed by atoms with Crippen molar-refractivity contribution < 1.29 is 9.59 Å². The maximum atomic E-state index is 12.5. The summed E-state index contributed by atoms with van der Waals surface area (Å²) < 4.78 is 0. The lowest BCUT2D eigenvalue weighted by Gasteiger charge is -2.41. The van der Waals surface area contributed by atoms with Crippen LogP contribution in [0.1, 0.15) is 38.5 Å². The number of piperidine rings is 1. The maximum absolute atomic E-state index is 12.5. The van der Waals surface area contributed by atoms with Gasteiger partial charge in [0.1, 0.15) is 0 Å². The van der Waals surface area contributed by atoms with E-state index in [4.69, 9.17) is 0 Å². The van der Waals surface area contributed by atoms with Gasteiger partial charge in [0.05, 0.1) is 0 Å². The number of carbonyl (C=O) groups is 2. The lowest BCUT2D eigenvalue weighted by atomic mass is 9.73. The van der Waals surface area contributed by atoms with Gasteiger partial charge in [0.15, 0.2) is 0 Å². The topological polar surface area (TPSA) is 55.9 Å². The van der Waals surface area contributed by atoms with Crippen molar-refractivity contribution in [2.45, 2.75) is 38.5 Å². The van der Waals surface area contributed by atoms with E-state index in [1.807, 2.05) is 11.9 Å². The van der Waals surface area contributed by atoms with E-state index in [0.717, 1.165) is 78.0 Å². The molecule has 3 fully saturated rings. The first kappa shape index (κ1) is 17.7. The molecule has 0 aliphatic carbocycles. The van der Waals surface area contributed by atoms with E-state index in [-0.39, 0.29) is 11.3 Å². The van der Waals surface area contributed by atoms with Crippen LogP contribution in [-0.2, 0) is 9.59 Å². The third-order valence-electron chi connectivity index (χ3n) is 6.30. The molecule has 0 atom stereocenters. The Kier molecular flexibility index (Phi) is 5.76. The van der Waals surface area contributed by atoms with E-state index < -0.39 is 0 Å². The number of hydrogen-bond donors (Lipinski definition) is 1. The first-order valence-electron chi connectivity index (χ1n) is 9.53. The van der Waals surface area contributed by atoms with Gasteiger partial charge in [-0.25, -0.2) is 0 Å². The van der Waals surface area contributed by atoms with Crippen LogP contribution in [0.4, 0.5) is 0 Å². The van der Waals surface area contributed by atoms with Crippen LogP contribution in [-0.4, -0.2) is 85.9 Å². The second-order valence-corrected chi connectivity index (χ2v) is 7.79. The number of hydrogen-bond acceptors (Lipinski definition) is 4. The van der Waals surface area contributed by atoms with Crippen LogP contribution in [0.3, 0.4) is 0 Å². The van der Waals surface area contributed by atoms with Crippen molar-refractivity contribution in [2.75, 3.05) is 59.4 Å². The third kappa shape index (κ3) is 4.28. The van der Waals surface area contributed by atoms with Gasteiger partial charge in [0, 0.05) is 72.2 Å². The lowest BCUT2D eigenvalue weighted by Crippen LogP contribution is -2.46. The number of piperazine rings is 1. The van der Waals surface area contributed by atoms with E-state index in [0.29, 0.717) is 18.7 Å². The van der Waals surface area contributed by atoms with E-state index in [1.54, 1.807) is 0 Å². The van der Waals surface area contributed by atoms with Gasteiger partial charge in [-0.05, 0) is 31.1 Å². The number of carbonyl (C=O) groups excluding carboxylic acids is 2. The number of rotatable bonds is 3. The molecule has 24 heavy (non-hydrogen) atoms. The third-order valence-corrected chi connectivity index (χ3v) is 6.30. The molecule has 3 aliphatic rings. The standard InChI is InChI=1S/C18H32N4O2/c1-20-11-5-18(4-2-16(20)23)6-12-22(13-7-18)17(24)3-10-21-14-8-19-9-15-21/h19H,2-15H2,1H3. The Bertz CT molecular complexity index is 454. The molecule has 3 heterocycles. The molecular formula is C18H32N4O2. The second-order valence-electron chi connectivity index (χ2n) is 7.79. The largest absolute Gasteiger partial charge is 0.346 e. The Labute approximate surface area is 145 Å². The number of nitrogens with one attached hydrogen (secondary N) is 1. The molecule has 3 aliphatic heterocycles. The summed E-state index contributed by atoms with van der Waals surface area (Å²) in [5.41, 5.74) is 0.287. The molecule has 2 amide bonds. The van der Waals surface area contributed by atoms with E-state index in [2.05, 4.69) is 15.1 Å². The van der Waals surface area contributed by atoms with Gasteiger partial charge in [0.25, 0.3) is 0 Å². The fourth-order valence-corrected chi connectivity index (χ4v) is 4.29. The molecule has 1 spiro atoms. The Morgan fingerprint density at radius 3 is 2.42 bits per heavy atom. The summed E-state index contributed by atoms with van der Waals surface area (Å²) in [6, 6.07) is 0. The average Bonchev–Trinajstić information content (AvgIpc) is 2.76. The summed E-state index contributed by atoms with van der Waals surface area (Å²) in [6.07, 6.45) is 5.54. The van der Waals surface area contributed by atoms with Gasteiger partial charge in [0.2, 0.25) is 11.8 Å².